The van der Waals surface area contributed by atoms with Crippen molar-refractivity contribution in [3.63, 3.8) is 0 Å². The van der Waals surface area contributed by atoms with Crippen molar-refractivity contribution in [2.75, 3.05) is 5.73 Å². The molecule has 2 N–H and O–H groups in total. The second-order valence-electron chi connectivity index (χ2n) is 2.03. The molecule has 0 saturated heterocycles. The van der Waals surface area contributed by atoms with Gasteiger partial charge >= 0.3 is 5.69 Å². The van der Waals surface area contributed by atoms with E-state index in [2.05, 4.69) is 0 Å². The van der Waals surface area contributed by atoms with Gasteiger partial charge in [-0.3, -0.25) is 10.1 Å². The molecule has 7 heteroatoms. The maximum absolute atomic E-state index is 12.6. The largest absolute Gasteiger partial charge is 0.619 e. The second kappa shape index (κ2) is 2.61. The molecule has 0 aliphatic rings. The molecule has 0 bridgehead atoms. The van der Waals surface area contributed by atoms with E-state index in [-0.39, 0.29) is 4.73 Å². The van der Waals surface area contributed by atoms with Gasteiger partial charge in [0.15, 0.2) is 5.69 Å². The zero-order chi connectivity index (χ0) is 9.30. The normalized spacial score (nSPS) is 9.75. The first-order valence-electron chi connectivity index (χ1n) is 2.84. The molecular formula is C5H4FN3O3. The topological polar surface area (TPSA) is 96.1 Å². The molecule has 0 atom stereocenters. The minimum atomic E-state index is -1.24. The van der Waals surface area contributed by atoms with Crippen LogP contribution in [-0.2, 0) is 0 Å². The highest BCUT2D eigenvalue weighted by atomic mass is 19.1. The van der Waals surface area contributed by atoms with Gasteiger partial charge in [-0.2, -0.15) is 9.12 Å². The van der Waals surface area contributed by atoms with Crippen LogP contribution in [0.1, 0.15) is 0 Å². The summed E-state index contributed by atoms with van der Waals surface area (Å²) in [7, 11) is 0. The Bertz CT molecular complexity index is 318. The fourth-order valence-electron chi connectivity index (χ4n) is 0.739. The Hall–Kier alpha value is -1.92. The fourth-order valence-corrected chi connectivity index (χ4v) is 0.739. The summed E-state index contributed by atoms with van der Waals surface area (Å²) in [6, 6.07) is 0. The van der Waals surface area contributed by atoms with Crippen LogP contribution < -0.4 is 10.5 Å². The van der Waals surface area contributed by atoms with E-state index in [1.54, 1.807) is 0 Å². The Labute approximate surface area is 65.8 Å². The first kappa shape index (κ1) is 8.18. The molecule has 0 unspecified atom stereocenters. The lowest BCUT2D eigenvalue weighted by Crippen LogP contribution is -2.26. The highest BCUT2D eigenvalue weighted by molar-refractivity contribution is 5.55. The van der Waals surface area contributed by atoms with Crippen LogP contribution >= 0.6 is 0 Å². The van der Waals surface area contributed by atoms with Gasteiger partial charge in [0, 0.05) is 0 Å². The summed E-state index contributed by atoms with van der Waals surface area (Å²) in [6.45, 7) is 0. The van der Waals surface area contributed by atoms with E-state index < -0.39 is 22.1 Å². The summed E-state index contributed by atoms with van der Waals surface area (Å²) in [5.74, 6) is -1.24. The molecule has 6 nitrogen and oxygen atoms in total. The quantitative estimate of drug-likeness (QED) is 0.278. The monoisotopic (exact) mass is 173 g/mol. The molecule has 0 aliphatic heterocycles. The van der Waals surface area contributed by atoms with E-state index in [1.807, 2.05) is 0 Å². The molecule has 0 spiro atoms. The highest BCUT2D eigenvalue weighted by Crippen LogP contribution is 2.21. The van der Waals surface area contributed by atoms with Crippen LogP contribution in [0, 0.1) is 21.1 Å². The SMILES string of the molecule is Nc1c[n+]([O-])cc(F)c1[N+](=O)[O-]. The van der Waals surface area contributed by atoms with Gasteiger partial charge in [0.05, 0.1) is 4.92 Å². The zero-order valence-electron chi connectivity index (χ0n) is 5.73. The number of rotatable bonds is 1. The number of nitrogen functional groups attached to an aromatic ring is 1. The lowest BCUT2D eigenvalue weighted by Gasteiger charge is -1.98. The molecule has 1 heterocycles. The average Bonchev–Trinajstić information content (AvgIpc) is 1.82. The van der Waals surface area contributed by atoms with Gasteiger partial charge in [0.2, 0.25) is 12.4 Å². The van der Waals surface area contributed by atoms with Gasteiger partial charge in [-0.1, -0.05) is 0 Å². The van der Waals surface area contributed by atoms with Gasteiger partial charge in [-0.15, -0.1) is 0 Å². The van der Waals surface area contributed by atoms with Crippen molar-refractivity contribution in [1.29, 1.82) is 0 Å². The van der Waals surface area contributed by atoms with Crippen molar-refractivity contribution in [3.8, 4) is 0 Å². The molecule has 1 aromatic heterocycles. The number of pyridine rings is 1. The molecule has 0 aromatic carbocycles. The third kappa shape index (κ3) is 1.24. The van der Waals surface area contributed by atoms with Crippen LogP contribution in [0.5, 0.6) is 0 Å². The van der Waals surface area contributed by atoms with Crippen LogP contribution in [0.2, 0.25) is 0 Å². The van der Waals surface area contributed by atoms with Gasteiger partial charge < -0.3 is 10.9 Å². The molecule has 0 fully saturated rings. The standard InChI is InChI=1S/C5H4FN3O3/c6-3-1-8(10)2-4(7)5(3)9(11)12/h1-2H,7H2. The van der Waals surface area contributed by atoms with Crippen LogP contribution in [0.15, 0.2) is 12.4 Å². The summed E-state index contributed by atoms with van der Waals surface area (Å²) in [4.78, 5) is 9.15. The molecule has 64 valence electrons. The first-order valence-corrected chi connectivity index (χ1v) is 2.84. The van der Waals surface area contributed by atoms with Crippen molar-refractivity contribution in [2.24, 2.45) is 0 Å². The summed E-state index contributed by atoms with van der Waals surface area (Å²) >= 11 is 0. The number of nitro groups is 1. The Morgan fingerprint density at radius 2 is 2.17 bits per heavy atom. The maximum Gasteiger partial charge on any atom is 0.339 e. The molecule has 0 amide bonds. The van der Waals surface area contributed by atoms with E-state index in [4.69, 9.17) is 5.73 Å². The van der Waals surface area contributed by atoms with Crippen molar-refractivity contribution in [1.82, 2.24) is 0 Å². The number of nitrogens with zero attached hydrogens (tertiary/aromatic N) is 2. The summed E-state index contributed by atoms with van der Waals surface area (Å²) in [5, 5.41) is 20.6. The number of nitrogens with two attached hydrogens (primary N) is 1. The minimum absolute atomic E-state index is 0.0671. The highest BCUT2D eigenvalue weighted by Gasteiger charge is 2.22. The lowest BCUT2D eigenvalue weighted by atomic mass is 10.3. The van der Waals surface area contributed by atoms with Crippen LogP contribution in [0.25, 0.3) is 0 Å². The third-order valence-corrected chi connectivity index (χ3v) is 1.19. The van der Waals surface area contributed by atoms with Crippen molar-refractivity contribution in [2.45, 2.75) is 0 Å². The zero-order valence-corrected chi connectivity index (χ0v) is 5.73. The Balaban J connectivity index is 3.38. The number of anilines is 1. The summed E-state index contributed by atoms with van der Waals surface area (Å²) in [5.41, 5.74) is 3.66. The van der Waals surface area contributed by atoms with Crippen molar-refractivity contribution >= 4 is 11.4 Å². The van der Waals surface area contributed by atoms with Crippen LogP contribution in [0.3, 0.4) is 0 Å². The lowest BCUT2D eigenvalue weighted by molar-refractivity contribution is -0.607. The Kier molecular flexibility index (Phi) is 1.78. The molecular weight excluding hydrogens is 169 g/mol. The molecule has 1 rings (SSSR count). The first-order chi connectivity index (χ1) is 5.52. The maximum atomic E-state index is 12.6. The molecule has 1 aromatic rings. The van der Waals surface area contributed by atoms with E-state index in [0.717, 1.165) is 6.20 Å². The smallest absolute Gasteiger partial charge is 0.339 e. The molecule has 0 radical (unpaired) electrons. The van der Waals surface area contributed by atoms with Crippen molar-refractivity contribution < 1.29 is 14.0 Å². The van der Waals surface area contributed by atoms with E-state index in [0.29, 0.717) is 6.20 Å². The van der Waals surface area contributed by atoms with E-state index in [1.165, 1.54) is 0 Å². The number of hydrogen-bond donors (Lipinski definition) is 1. The predicted molar refractivity (Wildman–Crippen MR) is 36.4 cm³/mol. The second-order valence-corrected chi connectivity index (χ2v) is 2.03. The van der Waals surface area contributed by atoms with Crippen LogP contribution in [-0.4, -0.2) is 4.92 Å². The molecule has 0 aliphatic carbocycles. The number of halogens is 1. The average molecular weight is 173 g/mol. The predicted octanol–water partition coefficient (Wildman–Crippen LogP) is -0.0505. The fraction of sp³-hybridized carbons (Fsp3) is 0. The molecule has 12 heavy (non-hydrogen) atoms. The number of hydrogen-bond acceptors (Lipinski definition) is 4. The minimum Gasteiger partial charge on any atom is -0.619 e. The van der Waals surface area contributed by atoms with E-state index >= 15 is 0 Å². The van der Waals surface area contributed by atoms with Crippen LogP contribution in [0.4, 0.5) is 15.8 Å². The molecule has 0 saturated carbocycles. The Morgan fingerprint density at radius 1 is 1.58 bits per heavy atom. The van der Waals surface area contributed by atoms with Gasteiger partial charge in [0.25, 0.3) is 5.82 Å². The Morgan fingerprint density at radius 3 is 2.58 bits per heavy atom. The number of aromatic nitrogens is 1. The van der Waals surface area contributed by atoms with Gasteiger partial charge in [0.1, 0.15) is 0 Å². The van der Waals surface area contributed by atoms with Crippen molar-refractivity contribution in [3.05, 3.63) is 33.5 Å². The third-order valence-electron chi connectivity index (χ3n) is 1.19. The summed E-state index contributed by atoms with van der Waals surface area (Å²) < 4.78 is 12.7. The van der Waals surface area contributed by atoms with Gasteiger partial charge in [-0.25, -0.2) is 0 Å². The van der Waals surface area contributed by atoms with E-state index in [9.17, 15) is 19.7 Å². The van der Waals surface area contributed by atoms with Gasteiger partial charge in [-0.05, 0) is 0 Å². The summed E-state index contributed by atoms with van der Waals surface area (Å²) in [6.07, 6.45) is 1.16.